The number of para-hydroxylation sites is 1. The van der Waals surface area contributed by atoms with Crippen LogP contribution in [-0.4, -0.2) is 0 Å². The van der Waals surface area contributed by atoms with E-state index in [0.29, 0.717) is 0 Å². The van der Waals surface area contributed by atoms with Gasteiger partial charge >= 0.3 is 0 Å². The van der Waals surface area contributed by atoms with Crippen LogP contribution in [0.2, 0.25) is 0 Å². The standard InChI is InChI=1S/C60H39NO/c1-2-14-43(15-3-1)59-56-23-10-11-24-58(56)62-60(59)47-17-12-18-50(38-47)61(48-32-27-40(28-33-48)44-31-36-53-46(37-44)26-25-41-13-4-6-19-51(41)53)49-34-29-42(30-35-49)57-39-45-16-5-7-20-52(45)54-21-8-9-22-55(54)57/h1-39H. The molecule has 1 aromatic heterocycles. The number of hydrogen-bond donors (Lipinski definition) is 0. The molecule has 2 heteroatoms. The Morgan fingerprint density at radius 1 is 0.274 bits per heavy atom. The first-order valence-corrected chi connectivity index (χ1v) is 21.2. The monoisotopic (exact) mass is 789 g/mol. The van der Waals surface area contributed by atoms with Gasteiger partial charge in [0.1, 0.15) is 11.3 Å². The first-order chi connectivity index (χ1) is 30.7. The Labute approximate surface area is 360 Å². The third kappa shape index (κ3) is 6.12. The summed E-state index contributed by atoms with van der Waals surface area (Å²) in [6.07, 6.45) is 0. The van der Waals surface area contributed by atoms with Gasteiger partial charge in [-0.3, -0.25) is 0 Å². The molecule has 0 aliphatic heterocycles. The van der Waals surface area contributed by atoms with Crippen LogP contribution in [-0.2, 0) is 0 Å². The molecule has 0 fully saturated rings. The second kappa shape index (κ2) is 14.8. The topological polar surface area (TPSA) is 16.4 Å². The number of furan rings is 1. The minimum absolute atomic E-state index is 0.858. The summed E-state index contributed by atoms with van der Waals surface area (Å²) in [6, 6.07) is 85.3. The second-order valence-corrected chi connectivity index (χ2v) is 16.1. The van der Waals surface area contributed by atoms with Gasteiger partial charge in [-0.25, -0.2) is 0 Å². The van der Waals surface area contributed by atoms with Crippen LogP contribution in [0.1, 0.15) is 0 Å². The van der Waals surface area contributed by atoms with Crippen LogP contribution >= 0.6 is 0 Å². The largest absolute Gasteiger partial charge is 0.455 e. The maximum atomic E-state index is 6.72. The van der Waals surface area contributed by atoms with Gasteiger partial charge in [-0.1, -0.05) is 182 Å². The Kier molecular flexibility index (Phi) is 8.53. The van der Waals surface area contributed by atoms with Gasteiger partial charge in [0.05, 0.1) is 0 Å². The zero-order valence-electron chi connectivity index (χ0n) is 33.9. The molecule has 0 aliphatic rings. The predicted molar refractivity (Wildman–Crippen MR) is 263 cm³/mol. The molecular formula is C60H39NO. The van der Waals surface area contributed by atoms with Crippen molar-refractivity contribution in [2.24, 2.45) is 0 Å². The van der Waals surface area contributed by atoms with Crippen LogP contribution in [0.5, 0.6) is 0 Å². The maximum Gasteiger partial charge on any atom is 0.143 e. The molecule has 11 aromatic carbocycles. The molecule has 0 bridgehead atoms. The lowest BCUT2D eigenvalue weighted by atomic mass is 9.93. The molecule has 0 spiro atoms. The van der Waals surface area contributed by atoms with Crippen molar-refractivity contribution >= 4 is 71.1 Å². The SMILES string of the molecule is c1ccc(-c2c(-c3cccc(N(c4ccc(-c5ccc6c(ccc7ccccc76)c5)cc4)c4ccc(-c5cc6ccccc6c6ccccc56)cc4)c3)oc3ccccc23)cc1. The van der Waals surface area contributed by atoms with Gasteiger partial charge in [0, 0.05) is 33.6 Å². The lowest BCUT2D eigenvalue weighted by Crippen LogP contribution is -2.10. The van der Waals surface area contributed by atoms with Gasteiger partial charge in [0.2, 0.25) is 0 Å². The number of nitrogens with zero attached hydrogens (tertiary/aromatic N) is 1. The van der Waals surface area contributed by atoms with Gasteiger partial charge in [0.15, 0.2) is 0 Å². The van der Waals surface area contributed by atoms with Gasteiger partial charge in [-0.2, -0.15) is 0 Å². The highest BCUT2D eigenvalue weighted by molar-refractivity contribution is 6.14. The van der Waals surface area contributed by atoms with E-state index in [-0.39, 0.29) is 0 Å². The summed E-state index contributed by atoms with van der Waals surface area (Å²) in [4.78, 5) is 2.35. The number of anilines is 3. The number of hydrogen-bond acceptors (Lipinski definition) is 2. The summed E-state index contributed by atoms with van der Waals surface area (Å²) in [7, 11) is 0. The lowest BCUT2D eigenvalue weighted by Gasteiger charge is -2.26. The van der Waals surface area contributed by atoms with Crippen molar-refractivity contribution in [3.05, 3.63) is 237 Å². The number of fused-ring (bicyclic) bond motifs is 7. The zero-order valence-corrected chi connectivity index (χ0v) is 33.9. The fourth-order valence-corrected chi connectivity index (χ4v) is 9.45. The van der Waals surface area contributed by atoms with E-state index in [2.05, 4.69) is 235 Å². The van der Waals surface area contributed by atoms with Gasteiger partial charge in [0.25, 0.3) is 0 Å². The van der Waals surface area contributed by atoms with E-state index >= 15 is 0 Å². The molecule has 12 aromatic rings. The molecule has 2 nitrogen and oxygen atoms in total. The summed E-state index contributed by atoms with van der Waals surface area (Å²) in [5, 5.41) is 11.2. The molecule has 12 rings (SSSR count). The van der Waals surface area contributed by atoms with Crippen molar-refractivity contribution in [3.63, 3.8) is 0 Å². The average Bonchev–Trinajstić information content (AvgIpc) is 3.74. The van der Waals surface area contributed by atoms with Crippen molar-refractivity contribution in [3.8, 4) is 44.7 Å². The second-order valence-electron chi connectivity index (χ2n) is 16.1. The van der Waals surface area contributed by atoms with E-state index < -0.39 is 0 Å². The molecule has 290 valence electrons. The lowest BCUT2D eigenvalue weighted by molar-refractivity contribution is 0.632. The summed E-state index contributed by atoms with van der Waals surface area (Å²) in [5.74, 6) is 0.858. The Balaban J connectivity index is 0.983. The van der Waals surface area contributed by atoms with Gasteiger partial charge in [-0.05, 0) is 126 Å². The molecule has 1 heterocycles. The number of benzene rings is 11. The minimum Gasteiger partial charge on any atom is -0.455 e. The normalized spacial score (nSPS) is 11.5. The molecule has 0 N–H and O–H groups in total. The molecule has 0 saturated carbocycles. The Hall–Kier alpha value is -8.20. The van der Waals surface area contributed by atoms with Crippen LogP contribution in [0.4, 0.5) is 17.1 Å². The third-order valence-corrected chi connectivity index (χ3v) is 12.4. The summed E-state index contributed by atoms with van der Waals surface area (Å²) >= 11 is 0. The highest BCUT2D eigenvalue weighted by atomic mass is 16.3. The first-order valence-electron chi connectivity index (χ1n) is 21.2. The summed E-state index contributed by atoms with van der Waals surface area (Å²) in [6.45, 7) is 0. The molecule has 0 saturated heterocycles. The highest BCUT2D eigenvalue weighted by Crippen LogP contribution is 2.44. The van der Waals surface area contributed by atoms with Crippen LogP contribution in [0.3, 0.4) is 0 Å². The first kappa shape index (κ1) is 35.7. The highest BCUT2D eigenvalue weighted by Gasteiger charge is 2.20. The van der Waals surface area contributed by atoms with E-state index in [0.717, 1.165) is 50.5 Å². The third-order valence-electron chi connectivity index (χ3n) is 12.4. The Bertz CT molecular complexity index is 3620. The van der Waals surface area contributed by atoms with Crippen molar-refractivity contribution in [2.75, 3.05) is 4.90 Å². The van der Waals surface area contributed by atoms with Crippen LogP contribution < -0.4 is 4.90 Å². The fraction of sp³-hybridized carbons (Fsp3) is 0. The van der Waals surface area contributed by atoms with Crippen molar-refractivity contribution < 1.29 is 4.42 Å². The Morgan fingerprint density at radius 3 is 1.60 bits per heavy atom. The van der Waals surface area contributed by atoms with Crippen LogP contribution in [0.25, 0.3) is 98.8 Å². The number of rotatable bonds is 7. The smallest absolute Gasteiger partial charge is 0.143 e. The van der Waals surface area contributed by atoms with E-state index in [1.54, 1.807) is 0 Å². The minimum atomic E-state index is 0.858. The van der Waals surface area contributed by atoms with E-state index in [1.807, 2.05) is 6.07 Å². The van der Waals surface area contributed by atoms with Gasteiger partial charge in [-0.15, -0.1) is 0 Å². The van der Waals surface area contributed by atoms with Crippen molar-refractivity contribution in [1.29, 1.82) is 0 Å². The molecular weight excluding hydrogens is 751 g/mol. The van der Waals surface area contributed by atoms with E-state index in [4.69, 9.17) is 4.42 Å². The average molecular weight is 790 g/mol. The fourth-order valence-electron chi connectivity index (χ4n) is 9.45. The van der Waals surface area contributed by atoms with E-state index in [9.17, 15) is 0 Å². The zero-order chi connectivity index (χ0) is 41.0. The van der Waals surface area contributed by atoms with Gasteiger partial charge < -0.3 is 9.32 Å². The molecule has 0 amide bonds. The van der Waals surface area contributed by atoms with Crippen LogP contribution in [0.15, 0.2) is 241 Å². The molecule has 0 radical (unpaired) electrons. The van der Waals surface area contributed by atoms with Crippen molar-refractivity contribution in [2.45, 2.75) is 0 Å². The predicted octanol–water partition coefficient (Wildman–Crippen LogP) is 17.2. The van der Waals surface area contributed by atoms with E-state index in [1.165, 1.54) is 65.3 Å². The maximum absolute atomic E-state index is 6.72. The quantitative estimate of drug-likeness (QED) is 0.150. The summed E-state index contributed by atoms with van der Waals surface area (Å²) < 4.78 is 6.72. The Morgan fingerprint density at radius 2 is 0.823 bits per heavy atom. The van der Waals surface area contributed by atoms with Crippen molar-refractivity contribution in [1.82, 2.24) is 0 Å². The van der Waals surface area contributed by atoms with Crippen LogP contribution in [0, 0.1) is 0 Å². The molecule has 0 aliphatic carbocycles. The summed E-state index contributed by atoms with van der Waals surface area (Å²) in [5.41, 5.74) is 12.1. The molecule has 0 atom stereocenters. The molecule has 62 heavy (non-hydrogen) atoms. The molecule has 0 unspecified atom stereocenters.